The summed E-state index contributed by atoms with van der Waals surface area (Å²) in [7, 11) is 1.49. The lowest BCUT2D eigenvalue weighted by molar-refractivity contribution is 0.370. The molecule has 106 valence electrons. The van der Waals surface area contributed by atoms with Gasteiger partial charge >= 0.3 is 0 Å². The summed E-state index contributed by atoms with van der Waals surface area (Å²) in [6.07, 6.45) is 0. The first kappa shape index (κ1) is 14.7. The number of halogens is 2. The van der Waals surface area contributed by atoms with Crippen LogP contribution in [0.5, 0.6) is 11.5 Å². The van der Waals surface area contributed by atoms with E-state index in [0.29, 0.717) is 29.1 Å². The number of hydrogen-bond acceptors (Lipinski definition) is 3. The maximum atomic E-state index is 13.5. The summed E-state index contributed by atoms with van der Waals surface area (Å²) in [6.45, 7) is 2.08. The van der Waals surface area contributed by atoms with E-state index in [0.717, 1.165) is 4.47 Å². The van der Waals surface area contributed by atoms with Crippen LogP contribution in [0.3, 0.4) is 0 Å². The molecule has 2 aromatic carbocycles. The summed E-state index contributed by atoms with van der Waals surface area (Å²) in [5.41, 5.74) is 1.92. The number of ether oxygens (including phenoxy) is 1. The summed E-state index contributed by atoms with van der Waals surface area (Å²) in [4.78, 5) is 0. The van der Waals surface area contributed by atoms with Gasteiger partial charge in [-0.05, 0) is 36.8 Å². The third-order valence-electron chi connectivity index (χ3n) is 2.99. The monoisotopic (exact) mass is 339 g/mol. The van der Waals surface area contributed by atoms with Gasteiger partial charge in [0.15, 0.2) is 11.5 Å². The maximum Gasteiger partial charge on any atom is 0.162 e. The normalized spacial score (nSPS) is 10.4. The van der Waals surface area contributed by atoms with Crippen LogP contribution in [0.4, 0.5) is 10.1 Å². The number of aryl methyl sites for hydroxylation is 1. The third kappa shape index (κ3) is 3.22. The van der Waals surface area contributed by atoms with Crippen molar-refractivity contribution in [1.82, 2.24) is 0 Å². The molecule has 0 bridgehead atoms. The van der Waals surface area contributed by atoms with Crippen molar-refractivity contribution < 1.29 is 14.2 Å². The number of aromatic hydroxyl groups is 1. The molecule has 0 radical (unpaired) electrons. The fraction of sp³-hybridized carbons (Fsp3) is 0.200. The van der Waals surface area contributed by atoms with Crippen LogP contribution in [0.1, 0.15) is 11.1 Å². The van der Waals surface area contributed by atoms with Crippen LogP contribution in [0, 0.1) is 12.7 Å². The quantitative estimate of drug-likeness (QED) is 0.876. The molecule has 0 aliphatic heterocycles. The Morgan fingerprint density at radius 2 is 2.05 bits per heavy atom. The van der Waals surface area contributed by atoms with Gasteiger partial charge in [-0.3, -0.25) is 0 Å². The van der Waals surface area contributed by atoms with E-state index in [1.165, 1.54) is 13.2 Å². The zero-order valence-corrected chi connectivity index (χ0v) is 12.8. The molecule has 0 spiro atoms. The first-order valence-corrected chi connectivity index (χ1v) is 6.86. The molecule has 2 aromatic rings. The summed E-state index contributed by atoms with van der Waals surface area (Å²) < 4.78 is 19.3. The Kier molecular flexibility index (Phi) is 4.49. The second kappa shape index (κ2) is 6.13. The van der Waals surface area contributed by atoms with Crippen LogP contribution in [0.25, 0.3) is 0 Å². The molecule has 0 amide bonds. The van der Waals surface area contributed by atoms with E-state index in [2.05, 4.69) is 21.2 Å². The highest BCUT2D eigenvalue weighted by Gasteiger charge is 2.10. The average molecular weight is 340 g/mol. The first-order chi connectivity index (χ1) is 9.51. The number of nitrogens with one attached hydrogen (secondary N) is 1. The van der Waals surface area contributed by atoms with Gasteiger partial charge in [-0.25, -0.2) is 4.39 Å². The fourth-order valence-electron chi connectivity index (χ4n) is 1.82. The smallest absolute Gasteiger partial charge is 0.162 e. The highest BCUT2D eigenvalue weighted by atomic mass is 79.9. The van der Waals surface area contributed by atoms with Crippen LogP contribution >= 0.6 is 15.9 Å². The Bertz CT molecular complexity index is 632. The van der Waals surface area contributed by atoms with Crippen molar-refractivity contribution in [2.75, 3.05) is 12.4 Å². The summed E-state index contributed by atoms with van der Waals surface area (Å²) >= 11 is 3.36. The van der Waals surface area contributed by atoms with Crippen molar-refractivity contribution in [2.45, 2.75) is 13.5 Å². The Balaban J connectivity index is 2.18. The van der Waals surface area contributed by atoms with Gasteiger partial charge in [-0.2, -0.15) is 0 Å². The minimum Gasteiger partial charge on any atom is -0.504 e. The van der Waals surface area contributed by atoms with E-state index in [-0.39, 0.29) is 11.6 Å². The Labute approximate surface area is 125 Å². The van der Waals surface area contributed by atoms with E-state index in [9.17, 15) is 9.50 Å². The van der Waals surface area contributed by atoms with E-state index < -0.39 is 0 Å². The molecule has 0 atom stereocenters. The predicted octanol–water partition coefficient (Wildman–Crippen LogP) is 4.22. The number of anilines is 1. The number of phenolic OH excluding ortho intramolecular Hbond substituents is 1. The second-order valence-electron chi connectivity index (χ2n) is 4.43. The van der Waals surface area contributed by atoms with Crippen LogP contribution in [0.2, 0.25) is 0 Å². The van der Waals surface area contributed by atoms with Gasteiger partial charge in [0, 0.05) is 22.3 Å². The molecule has 0 unspecified atom stereocenters. The molecule has 0 saturated heterocycles. The standard InChI is InChI=1S/C15H15BrFNO2/c1-9-3-4-12(7-13(9)17)18-8-10-5-11(16)6-14(20-2)15(10)19/h3-7,18-19H,8H2,1-2H3. The molecular formula is C15H15BrFNO2. The van der Waals surface area contributed by atoms with Gasteiger partial charge in [0.05, 0.1) is 7.11 Å². The molecule has 3 nitrogen and oxygen atoms in total. The summed E-state index contributed by atoms with van der Waals surface area (Å²) in [6, 6.07) is 8.41. The summed E-state index contributed by atoms with van der Waals surface area (Å²) in [5.74, 6) is 0.216. The zero-order chi connectivity index (χ0) is 14.7. The van der Waals surface area contributed by atoms with Crippen LogP contribution in [0.15, 0.2) is 34.8 Å². The SMILES string of the molecule is COc1cc(Br)cc(CNc2ccc(C)c(F)c2)c1O. The molecule has 2 rings (SSSR count). The number of phenols is 1. The van der Waals surface area contributed by atoms with Crippen LogP contribution in [-0.4, -0.2) is 12.2 Å². The van der Waals surface area contributed by atoms with Gasteiger partial charge in [0.1, 0.15) is 5.82 Å². The average Bonchev–Trinajstić information content (AvgIpc) is 2.43. The second-order valence-corrected chi connectivity index (χ2v) is 5.35. The highest BCUT2D eigenvalue weighted by Crippen LogP contribution is 2.34. The molecule has 0 heterocycles. The first-order valence-electron chi connectivity index (χ1n) is 6.06. The minimum atomic E-state index is -0.258. The van der Waals surface area contributed by atoms with Gasteiger partial charge in [-0.1, -0.05) is 22.0 Å². The molecule has 0 aromatic heterocycles. The molecule has 2 N–H and O–H groups in total. The van der Waals surface area contributed by atoms with Crippen molar-refractivity contribution in [2.24, 2.45) is 0 Å². The molecule has 0 saturated carbocycles. The zero-order valence-electron chi connectivity index (χ0n) is 11.2. The number of benzene rings is 2. The van der Waals surface area contributed by atoms with E-state index in [1.807, 2.05) is 0 Å². The Morgan fingerprint density at radius 1 is 1.30 bits per heavy atom. The predicted molar refractivity (Wildman–Crippen MR) is 80.8 cm³/mol. The maximum absolute atomic E-state index is 13.5. The number of hydrogen-bond donors (Lipinski definition) is 2. The third-order valence-corrected chi connectivity index (χ3v) is 3.45. The van der Waals surface area contributed by atoms with Gasteiger partial charge < -0.3 is 15.2 Å². The Morgan fingerprint density at radius 3 is 2.70 bits per heavy atom. The van der Waals surface area contributed by atoms with Crippen LogP contribution < -0.4 is 10.1 Å². The van der Waals surface area contributed by atoms with Crippen molar-refractivity contribution in [3.8, 4) is 11.5 Å². The van der Waals surface area contributed by atoms with Crippen molar-refractivity contribution in [3.63, 3.8) is 0 Å². The van der Waals surface area contributed by atoms with Gasteiger partial charge in [-0.15, -0.1) is 0 Å². The lowest BCUT2D eigenvalue weighted by atomic mass is 10.1. The summed E-state index contributed by atoms with van der Waals surface area (Å²) in [5, 5.41) is 13.1. The number of methoxy groups -OCH3 is 1. The van der Waals surface area contributed by atoms with E-state index >= 15 is 0 Å². The van der Waals surface area contributed by atoms with Crippen LogP contribution in [-0.2, 0) is 6.54 Å². The number of rotatable bonds is 4. The molecule has 20 heavy (non-hydrogen) atoms. The molecule has 0 aliphatic rings. The van der Waals surface area contributed by atoms with Crippen molar-refractivity contribution >= 4 is 21.6 Å². The van der Waals surface area contributed by atoms with Crippen molar-refractivity contribution in [3.05, 3.63) is 51.7 Å². The van der Waals surface area contributed by atoms with E-state index in [1.54, 1.807) is 31.2 Å². The lowest BCUT2D eigenvalue weighted by Crippen LogP contribution is -2.01. The molecule has 0 fully saturated rings. The highest BCUT2D eigenvalue weighted by molar-refractivity contribution is 9.10. The minimum absolute atomic E-state index is 0.0794. The topological polar surface area (TPSA) is 41.5 Å². The van der Waals surface area contributed by atoms with Gasteiger partial charge in [0.2, 0.25) is 0 Å². The van der Waals surface area contributed by atoms with E-state index in [4.69, 9.17) is 4.74 Å². The fourth-order valence-corrected chi connectivity index (χ4v) is 2.30. The largest absolute Gasteiger partial charge is 0.504 e. The van der Waals surface area contributed by atoms with Gasteiger partial charge in [0.25, 0.3) is 0 Å². The lowest BCUT2D eigenvalue weighted by Gasteiger charge is -2.12. The molecule has 0 aliphatic carbocycles. The Hall–Kier alpha value is -1.75. The molecule has 5 heteroatoms. The van der Waals surface area contributed by atoms with Crippen molar-refractivity contribution in [1.29, 1.82) is 0 Å². The molecular weight excluding hydrogens is 325 g/mol.